The van der Waals surface area contributed by atoms with Crippen LogP contribution in [0.25, 0.3) is 0 Å². The molecule has 2 aromatic rings. The minimum atomic E-state index is -0.325. The SMILES string of the molecule is CCOC(=O)c1c(C)nsc1Nc1c(C)cc(C)cc1C. The van der Waals surface area contributed by atoms with E-state index >= 15 is 0 Å². The van der Waals surface area contributed by atoms with E-state index in [1.165, 1.54) is 17.1 Å². The molecule has 112 valence electrons. The molecule has 0 unspecified atom stereocenters. The summed E-state index contributed by atoms with van der Waals surface area (Å²) >= 11 is 1.28. The van der Waals surface area contributed by atoms with Gasteiger partial charge in [-0.3, -0.25) is 0 Å². The van der Waals surface area contributed by atoms with E-state index in [2.05, 4.69) is 42.6 Å². The van der Waals surface area contributed by atoms with Crippen molar-refractivity contribution < 1.29 is 9.53 Å². The van der Waals surface area contributed by atoms with Crippen LogP contribution in [0.15, 0.2) is 12.1 Å². The molecule has 1 aromatic heterocycles. The second-order valence-corrected chi connectivity index (χ2v) is 5.86. The van der Waals surface area contributed by atoms with E-state index in [4.69, 9.17) is 4.74 Å². The van der Waals surface area contributed by atoms with Crippen molar-refractivity contribution >= 4 is 28.2 Å². The third-order valence-corrected chi connectivity index (χ3v) is 4.11. The Morgan fingerprint density at radius 2 is 1.86 bits per heavy atom. The van der Waals surface area contributed by atoms with Gasteiger partial charge in [-0.05, 0) is 57.3 Å². The third kappa shape index (κ3) is 3.24. The van der Waals surface area contributed by atoms with Crippen LogP contribution < -0.4 is 5.32 Å². The summed E-state index contributed by atoms with van der Waals surface area (Å²) < 4.78 is 9.38. The summed E-state index contributed by atoms with van der Waals surface area (Å²) in [5.41, 5.74) is 5.77. The summed E-state index contributed by atoms with van der Waals surface area (Å²) in [6.07, 6.45) is 0. The van der Waals surface area contributed by atoms with E-state index in [9.17, 15) is 4.79 Å². The van der Waals surface area contributed by atoms with E-state index in [1.54, 1.807) is 6.92 Å². The molecule has 1 aromatic carbocycles. The fourth-order valence-electron chi connectivity index (χ4n) is 2.39. The van der Waals surface area contributed by atoms with Crippen LogP contribution >= 0.6 is 11.5 Å². The van der Waals surface area contributed by atoms with Crippen molar-refractivity contribution in [2.45, 2.75) is 34.6 Å². The van der Waals surface area contributed by atoms with E-state index in [1.807, 2.05) is 6.92 Å². The molecule has 1 heterocycles. The lowest BCUT2D eigenvalue weighted by Crippen LogP contribution is -2.08. The van der Waals surface area contributed by atoms with Gasteiger partial charge in [-0.2, -0.15) is 4.37 Å². The molecule has 0 amide bonds. The van der Waals surface area contributed by atoms with Crippen LogP contribution in [0.5, 0.6) is 0 Å². The molecule has 0 aliphatic heterocycles. The molecular formula is C16H20N2O2S. The van der Waals surface area contributed by atoms with Gasteiger partial charge in [0.05, 0.1) is 12.3 Å². The molecule has 21 heavy (non-hydrogen) atoms. The number of aryl methyl sites for hydroxylation is 4. The van der Waals surface area contributed by atoms with E-state index in [-0.39, 0.29) is 5.97 Å². The summed E-state index contributed by atoms with van der Waals surface area (Å²) in [5.74, 6) is -0.325. The minimum Gasteiger partial charge on any atom is -0.462 e. The topological polar surface area (TPSA) is 51.2 Å². The van der Waals surface area contributed by atoms with Gasteiger partial charge in [-0.25, -0.2) is 4.79 Å². The van der Waals surface area contributed by atoms with Crippen LogP contribution in [-0.2, 0) is 4.74 Å². The molecule has 0 aliphatic rings. The Labute approximate surface area is 129 Å². The lowest BCUT2D eigenvalue weighted by atomic mass is 10.1. The molecule has 0 fully saturated rings. The Morgan fingerprint density at radius 1 is 1.24 bits per heavy atom. The van der Waals surface area contributed by atoms with Gasteiger partial charge in [-0.1, -0.05) is 17.7 Å². The van der Waals surface area contributed by atoms with Crippen LogP contribution in [0, 0.1) is 27.7 Å². The molecule has 0 aliphatic carbocycles. The molecule has 0 saturated carbocycles. The van der Waals surface area contributed by atoms with Gasteiger partial charge in [-0.15, -0.1) is 0 Å². The number of ether oxygens (including phenoxy) is 1. The number of hydrogen-bond acceptors (Lipinski definition) is 5. The van der Waals surface area contributed by atoms with Gasteiger partial charge in [0.15, 0.2) is 0 Å². The Kier molecular flexibility index (Phi) is 4.63. The van der Waals surface area contributed by atoms with Crippen LogP contribution in [0.1, 0.15) is 39.7 Å². The maximum absolute atomic E-state index is 12.1. The van der Waals surface area contributed by atoms with Crippen LogP contribution in [0.4, 0.5) is 10.7 Å². The van der Waals surface area contributed by atoms with Crippen molar-refractivity contribution in [2.75, 3.05) is 11.9 Å². The number of carbonyl (C=O) groups excluding carboxylic acids is 1. The van der Waals surface area contributed by atoms with Crippen LogP contribution in [0.3, 0.4) is 0 Å². The molecule has 0 radical (unpaired) electrons. The quantitative estimate of drug-likeness (QED) is 0.856. The number of anilines is 2. The Balaban J connectivity index is 2.39. The van der Waals surface area contributed by atoms with Crippen molar-refractivity contribution in [3.8, 4) is 0 Å². The molecular weight excluding hydrogens is 284 g/mol. The van der Waals surface area contributed by atoms with Gasteiger partial charge in [0.2, 0.25) is 0 Å². The average Bonchev–Trinajstić information content (AvgIpc) is 2.75. The second-order valence-electron chi connectivity index (χ2n) is 5.09. The molecule has 1 N–H and O–H groups in total. The monoisotopic (exact) mass is 304 g/mol. The first kappa shape index (κ1) is 15.5. The molecule has 4 nitrogen and oxygen atoms in total. The predicted molar refractivity (Wildman–Crippen MR) is 86.7 cm³/mol. The lowest BCUT2D eigenvalue weighted by Gasteiger charge is -2.13. The summed E-state index contributed by atoms with van der Waals surface area (Å²) in [7, 11) is 0. The predicted octanol–water partition coefficient (Wildman–Crippen LogP) is 4.30. The summed E-state index contributed by atoms with van der Waals surface area (Å²) in [6.45, 7) is 10.2. The molecule has 2 rings (SSSR count). The second kappa shape index (κ2) is 6.26. The molecule has 0 spiro atoms. The van der Waals surface area contributed by atoms with Crippen molar-refractivity contribution in [1.29, 1.82) is 0 Å². The summed E-state index contributed by atoms with van der Waals surface area (Å²) in [5, 5.41) is 4.09. The number of nitrogens with zero attached hydrogens (tertiary/aromatic N) is 1. The van der Waals surface area contributed by atoms with Gasteiger partial charge in [0.25, 0.3) is 0 Å². The highest BCUT2D eigenvalue weighted by molar-refractivity contribution is 7.10. The van der Waals surface area contributed by atoms with Crippen molar-refractivity contribution in [1.82, 2.24) is 4.37 Å². The Morgan fingerprint density at radius 3 is 2.43 bits per heavy atom. The van der Waals surface area contributed by atoms with Gasteiger partial charge in [0, 0.05) is 5.69 Å². The highest BCUT2D eigenvalue weighted by atomic mass is 32.1. The standard InChI is InChI=1S/C16H20N2O2S/c1-6-20-16(19)13-12(5)18-21-15(13)17-14-10(3)7-9(2)8-11(14)4/h7-8,17H,6H2,1-5H3. The van der Waals surface area contributed by atoms with Crippen molar-refractivity contribution in [3.63, 3.8) is 0 Å². The average molecular weight is 304 g/mol. The fourth-order valence-corrected chi connectivity index (χ4v) is 3.18. The molecule has 0 bridgehead atoms. The Bertz CT molecular complexity index is 654. The number of carbonyl (C=O) groups is 1. The summed E-state index contributed by atoms with van der Waals surface area (Å²) in [4.78, 5) is 12.1. The maximum atomic E-state index is 12.1. The number of benzene rings is 1. The normalized spacial score (nSPS) is 10.5. The highest BCUT2D eigenvalue weighted by Gasteiger charge is 2.20. The molecule has 0 saturated heterocycles. The molecule has 0 atom stereocenters. The van der Waals surface area contributed by atoms with Crippen molar-refractivity contribution in [3.05, 3.63) is 40.1 Å². The first-order valence-corrected chi connectivity index (χ1v) is 7.69. The number of aromatic nitrogens is 1. The number of rotatable bonds is 4. The van der Waals surface area contributed by atoms with Gasteiger partial charge >= 0.3 is 5.97 Å². The zero-order valence-corrected chi connectivity index (χ0v) is 13.9. The van der Waals surface area contributed by atoms with E-state index in [0.717, 1.165) is 21.8 Å². The molecule has 5 heteroatoms. The first-order valence-electron chi connectivity index (χ1n) is 6.92. The van der Waals surface area contributed by atoms with Gasteiger partial charge in [0.1, 0.15) is 10.6 Å². The van der Waals surface area contributed by atoms with Crippen LogP contribution in [0.2, 0.25) is 0 Å². The number of hydrogen-bond donors (Lipinski definition) is 1. The summed E-state index contributed by atoms with van der Waals surface area (Å²) in [6, 6.07) is 4.24. The van der Waals surface area contributed by atoms with Crippen LogP contribution in [-0.4, -0.2) is 16.9 Å². The van der Waals surface area contributed by atoms with E-state index < -0.39 is 0 Å². The number of nitrogens with one attached hydrogen (secondary N) is 1. The number of esters is 1. The zero-order valence-electron chi connectivity index (χ0n) is 13.0. The lowest BCUT2D eigenvalue weighted by molar-refractivity contribution is 0.0527. The largest absolute Gasteiger partial charge is 0.462 e. The minimum absolute atomic E-state index is 0.325. The van der Waals surface area contributed by atoms with Gasteiger partial charge < -0.3 is 10.1 Å². The fraction of sp³-hybridized carbons (Fsp3) is 0.375. The zero-order chi connectivity index (χ0) is 15.6. The Hall–Kier alpha value is -1.88. The third-order valence-electron chi connectivity index (χ3n) is 3.26. The van der Waals surface area contributed by atoms with E-state index in [0.29, 0.717) is 17.9 Å². The first-order chi connectivity index (χ1) is 9.93. The smallest absolute Gasteiger partial charge is 0.343 e. The maximum Gasteiger partial charge on any atom is 0.343 e. The van der Waals surface area contributed by atoms with Crippen molar-refractivity contribution in [2.24, 2.45) is 0 Å². The highest BCUT2D eigenvalue weighted by Crippen LogP contribution is 2.32.